The smallest absolute Gasteiger partial charge is 0.255 e. The number of benzene rings is 1. The van der Waals surface area contributed by atoms with Crippen LogP contribution in [-0.4, -0.2) is 71.1 Å². The average Bonchev–Trinajstić information content (AvgIpc) is 2.72. The van der Waals surface area contributed by atoms with Crippen LogP contribution in [0.1, 0.15) is 35.3 Å². The molecule has 1 saturated heterocycles. The Morgan fingerprint density at radius 1 is 1.27 bits per heavy atom. The molecule has 3 heterocycles. The number of likely N-dealkylation sites (tertiary alicyclic amines) is 1. The summed E-state index contributed by atoms with van der Waals surface area (Å²) in [5.41, 5.74) is 2.46. The normalized spacial score (nSPS) is 20.3. The second-order valence-corrected chi connectivity index (χ2v) is 9.22. The van der Waals surface area contributed by atoms with Gasteiger partial charge in [-0.2, -0.15) is 0 Å². The number of aliphatic imine (C=N–C) groups is 1. The minimum Gasteiger partial charge on any atom is -0.387 e. The van der Waals surface area contributed by atoms with Gasteiger partial charge in [0, 0.05) is 48.0 Å². The summed E-state index contributed by atoms with van der Waals surface area (Å²) in [4.78, 5) is 44.1. The molecule has 1 fully saturated rings. The summed E-state index contributed by atoms with van der Waals surface area (Å²) in [6.07, 6.45) is 2.24. The van der Waals surface area contributed by atoms with Crippen LogP contribution < -0.4 is 0 Å². The van der Waals surface area contributed by atoms with Crippen LogP contribution in [0.4, 0.5) is 4.39 Å². The molecule has 4 rings (SSSR count). The monoisotopic (exact) mass is 493 g/mol. The van der Waals surface area contributed by atoms with Crippen molar-refractivity contribution in [2.75, 3.05) is 32.8 Å². The van der Waals surface area contributed by atoms with Crippen molar-refractivity contribution in [3.05, 3.63) is 50.0 Å². The zero-order valence-electron chi connectivity index (χ0n) is 18.1. The predicted octanol–water partition coefficient (Wildman–Crippen LogP) is 3.07. The first-order chi connectivity index (χ1) is 15.6. The van der Waals surface area contributed by atoms with Gasteiger partial charge < -0.3 is 14.9 Å². The molecule has 7 nitrogen and oxygen atoms in total. The Kier molecular flexibility index (Phi) is 6.44. The minimum atomic E-state index is -0.645. The highest BCUT2D eigenvalue weighted by Gasteiger charge is 2.36. The first kappa shape index (κ1) is 23.6. The molecule has 0 bridgehead atoms. The van der Waals surface area contributed by atoms with Crippen molar-refractivity contribution in [3.8, 4) is 0 Å². The van der Waals surface area contributed by atoms with Gasteiger partial charge in [-0.15, -0.1) is 0 Å². The molecule has 1 N–H and O–H groups in total. The first-order valence-electron chi connectivity index (χ1n) is 10.5. The van der Waals surface area contributed by atoms with Gasteiger partial charge in [0.15, 0.2) is 0 Å². The number of hydrogen-bond acceptors (Lipinski definition) is 4. The van der Waals surface area contributed by atoms with Crippen LogP contribution in [0.3, 0.4) is 0 Å². The molecule has 1 unspecified atom stereocenters. The Morgan fingerprint density at radius 3 is 2.61 bits per heavy atom. The zero-order chi connectivity index (χ0) is 24.0. The Hall–Kier alpha value is -2.55. The summed E-state index contributed by atoms with van der Waals surface area (Å²) in [6, 6.07) is 1.40. The maximum absolute atomic E-state index is 15.2. The molecule has 33 heavy (non-hydrogen) atoms. The fourth-order valence-corrected chi connectivity index (χ4v) is 4.97. The molecule has 0 aliphatic carbocycles. The van der Waals surface area contributed by atoms with Crippen LogP contribution >= 0.6 is 23.2 Å². The number of aliphatic hydroxyl groups is 1. The lowest BCUT2D eigenvalue weighted by Gasteiger charge is -2.35. The second-order valence-electron chi connectivity index (χ2n) is 8.43. The number of carbonyl (C=O) groups is 3. The van der Waals surface area contributed by atoms with E-state index in [0.717, 1.165) is 5.57 Å². The van der Waals surface area contributed by atoms with Gasteiger partial charge in [0.05, 0.1) is 16.5 Å². The van der Waals surface area contributed by atoms with Gasteiger partial charge in [-0.1, -0.05) is 28.8 Å². The Balaban J connectivity index is 1.63. The number of rotatable bonds is 4. The van der Waals surface area contributed by atoms with Crippen molar-refractivity contribution in [2.45, 2.75) is 20.3 Å². The van der Waals surface area contributed by atoms with Crippen molar-refractivity contribution >= 4 is 52.5 Å². The largest absolute Gasteiger partial charge is 0.387 e. The Morgan fingerprint density at radius 2 is 1.97 bits per heavy atom. The van der Waals surface area contributed by atoms with E-state index in [-0.39, 0.29) is 46.7 Å². The van der Waals surface area contributed by atoms with E-state index in [4.69, 9.17) is 28.3 Å². The first-order valence-corrected chi connectivity index (χ1v) is 11.2. The van der Waals surface area contributed by atoms with Crippen molar-refractivity contribution in [1.82, 2.24) is 9.80 Å². The predicted molar refractivity (Wildman–Crippen MR) is 123 cm³/mol. The summed E-state index contributed by atoms with van der Waals surface area (Å²) < 4.78 is 15.2. The van der Waals surface area contributed by atoms with Gasteiger partial charge in [-0.05, 0) is 38.0 Å². The zero-order valence-corrected chi connectivity index (χ0v) is 19.6. The number of amides is 3. The van der Waals surface area contributed by atoms with Crippen LogP contribution in [0.5, 0.6) is 0 Å². The van der Waals surface area contributed by atoms with Crippen LogP contribution in [0, 0.1) is 5.92 Å². The standard InChI is InChI=1S/C23H22Cl2FN3O4/c1-11-5-12(2)27-22(32)16(11)9-28-4-3-14-17(24)6-15(20(25)19(14)23(28)33)21(26)13-7-29(8-13)18(31)10-30/h5-6,16,30H,3-4,7-10H2,1-2H3. The molecule has 174 valence electrons. The molecular weight excluding hydrogens is 472 g/mol. The van der Waals surface area contributed by atoms with Crippen molar-refractivity contribution in [3.63, 3.8) is 0 Å². The van der Waals surface area contributed by atoms with E-state index in [9.17, 15) is 14.4 Å². The minimum absolute atomic E-state index is 0.00763. The molecule has 3 aliphatic rings. The van der Waals surface area contributed by atoms with E-state index in [1.165, 1.54) is 15.9 Å². The summed E-state index contributed by atoms with van der Waals surface area (Å²) in [5.74, 6) is -2.39. The van der Waals surface area contributed by atoms with Gasteiger partial charge in [0.1, 0.15) is 12.4 Å². The summed E-state index contributed by atoms with van der Waals surface area (Å²) in [7, 11) is 0. The maximum Gasteiger partial charge on any atom is 0.255 e. The summed E-state index contributed by atoms with van der Waals surface area (Å²) in [5, 5.41) is 9.12. The molecule has 0 radical (unpaired) electrons. The van der Waals surface area contributed by atoms with Crippen molar-refractivity contribution < 1.29 is 23.9 Å². The Labute approximate surface area is 200 Å². The van der Waals surface area contributed by atoms with Crippen LogP contribution in [-0.2, 0) is 16.0 Å². The third kappa shape index (κ3) is 4.23. The number of carbonyl (C=O) groups excluding carboxylic acids is 3. The topological polar surface area (TPSA) is 90.3 Å². The van der Waals surface area contributed by atoms with Crippen LogP contribution in [0.2, 0.25) is 10.0 Å². The highest BCUT2D eigenvalue weighted by atomic mass is 35.5. The third-order valence-corrected chi connectivity index (χ3v) is 6.95. The number of aliphatic hydroxyl groups excluding tert-OH is 1. The number of allylic oxidation sites excluding steroid dienone is 1. The number of fused-ring (bicyclic) bond motifs is 1. The third-order valence-electron chi connectivity index (χ3n) is 6.22. The molecule has 10 heteroatoms. The van der Waals surface area contributed by atoms with Gasteiger partial charge in [-0.3, -0.25) is 14.4 Å². The molecule has 3 amide bonds. The molecule has 0 aromatic heterocycles. The number of hydrogen-bond donors (Lipinski definition) is 1. The van der Waals surface area contributed by atoms with Crippen LogP contribution in [0.25, 0.3) is 5.83 Å². The van der Waals surface area contributed by atoms with E-state index < -0.39 is 30.2 Å². The number of dihydropyridines is 1. The van der Waals surface area contributed by atoms with Gasteiger partial charge >= 0.3 is 0 Å². The SMILES string of the molecule is CC1=CC(C)=NC(=O)C1CN1CCc2c(Cl)cc(C(F)=C3CN(C(=O)CO)C3)c(Cl)c2C1=O. The van der Waals surface area contributed by atoms with Gasteiger partial charge in [0.2, 0.25) is 5.91 Å². The lowest BCUT2D eigenvalue weighted by atomic mass is 9.91. The fraction of sp³-hybridized carbons (Fsp3) is 0.391. The van der Waals surface area contributed by atoms with Crippen molar-refractivity contribution in [2.24, 2.45) is 10.9 Å². The summed E-state index contributed by atoms with van der Waals surface area (Å²) in [6.45, 7) is 3.49. The highest BCUT2D eigenvalue weighted by molar-refractivity contribution is 6.38. The van der Waals surface area contributed by atoms with Crippen molar-refractivity contribution in [1.29, 1.82) is 0 Å². The molecule has 1 aromatic carbocycles. The molecule has 1 aromatic rings. The summed E-state index contributed by atoms with van der Waals surface area (Å²) >= 11 is 12.9. The van der Waals surface area contributed by atoms with E-state index in [1.807, 2.05) is 13.0 Å². The lowest BCUT2D eigenvalue weighted by Crippen LogP contribution is -2.46. The highest BCUT2D eigenvalue weighted by Crippen LogP contribution is 2.40. The van der Waals surface area contributed by atoms with E-state index >= 15 is 4.39 Å². The van der Waals surface area contributed by atoms with E-state index in [2.05, 4.69) is 4.99 Å². The number of halogens is 3. The average molecular weight is 494 g/mol. The van der Waals surface area contributed by atoms with E-state index in [1.54, 1.807) is 6.92 Å². The van der Waals surface area contributed by atoms with E-state index in [0.29, 0.717) is 29.8 Å². The molecule has 0 saturated carbocycles. The molecule has 3 aliphatic heterocycles. The van der Waals surface area contributed by atoms with Crippen LogP contribution in [0.15, 0.2) is 28.3 Å². The lowest BCUT2D eigenvalue weighted by molar-refractivity contribution is -0.135. The quantitative estimate of drug-likeness (QED) is 0.697. The van der Waals surface area contributed by atoms with Gasteiger partial charge in [-0.25, -0.2) is 9.38 Å². The number of nitrogens with zero attached hydrogens (tertiary/aromatic N) is 3. The second kappa shape index (κ2) is 9.00. The Bertz CT molecular complexity index is 1170. The fourth-order valence-electron chi connectivity index (χ4n) is 4.34. The maximum atomic E-state index is 15.2. The van der Waals surface area contributed by atoms with Gasteiger partial charge in [0.25, 0.3) is 11.8 Å². The molecular formula is C23H22Cl2FN3O4. The molecule has 1 atom stereocenters. The molecule has 0 spiro atoms.